The lowest BCUT2D eigenvalue weighted by Crippen LogP contribution is -2.53. The molecule has 0 aliphatic rings. The molecule has 7 heteroatoms. The number of hydrogen-bond acceptors (Lipinski definition) is 7. The van der Waals surface area contributed by atoms with Gasteiger partial charge in [0.2, 0.25) is 0 Å². The number of rotatable bonds is 7. The first-order valence-electron chi connectivity index (χ1n) is 5.15. The van der Waals surface area contributed by atoms with Crippen molar-refractivity contribution in [3.63, 3.8) is 0 Å². The van der Waals surface area contributed by atoms with Crippen molar-refractivity contribution in [2.45, 2.75) is 50.0 Å². The van der Waals surface area contributed by atoms with Crippen LogP contribution >= 0.6 is 0 Å². The van der Waals surface area contributed by atoms with Crippen molar-refractivity contribution in [2.75, 3.05) is 6.54 Å². The molecule has 0 saturated heterocycles. The monoisotopic (exact) mass is 239 g/mol. The van der Waals surface area contributed by atoms with Gasteiger partial charge >= 0.3 is 0 Å². The van der Waals surface area contributed by atoms with E-state index in [0.717, 1.165) is 0 Å². The minimum absolute atomic E-state index is 0.181. The van der Waals surface area contributed by atoms with Gasteiger partial charge in [0.1, 0.15) is 24.4 Å². The summed E-state index contributed by atoms with van der Waals surface area (Å²) >= 11 is 0. The summed E-state index contributed by atoms with van der Waals surface area (Å²) in [5.41, 5.74) is 5.06. The van der Waals surface area contributed by atoms with Crippen LogP contribution in [0.3, 0.4) is 0 Å². The highest BCUT2D eigenvalue weighted by Crippen LogP contribution is 2.12. The first kappa shape index (κ1) is 15.7. The van der Waals surface area contributed by atoms with Gasteiger partial charge in [0.25, 0.3) is 0 Å². The van der Waals surface area contributed by atoms with E-state index in [1.165, 1.54) is 0 Å². The Balaban J connectivity index is 4.41. The van der Waals surface area contributed by atoms with Gasteiger partial charge in [-0.3, -0.25) is 0 Å². The van der Waals surface area contributed by atoms with E-state index >= 15 is 0 Å². The zero-order valence-electron chi connectivity index (χ0n) is 9.14. The Hall–Kier alpha value is -0.280. The summed E-state index contributed by atoms with van der Waals surface area (Å²) in [6, 6.07) is 0. The standard InChI is InChI=1S/C9H21NO6/c1-2-4(11)6(13)8(15)9(16)7(14)5(12)3-10/h4-9,11-16H,2-3,10H2,1H3. The summed E-state index contributed by atoms with van der Waals surface area (Å²) in [4.78, 5) is 0. The second kappa shape index (κ2) is 7.13. The van der Waals surface area contributed by atoms with Crippen LogP contribution in [-0.2, 0) is 0 Å². The summed E-state index contributed by atoms with van der Waals surface area (Å²) in [6.07, 6.45) is -9.26. The normalized spacial score (nSPS) is 23.2. The van der Waals surface area contributed by atoms with Crippen molar-refractivity contribution in [3.8, 4) is 0 Å². The number of nitrogens with two attached hydrogens (primary N) is 1. The lowest BCUT2D eigenvalue weighted by molar-refractivity contribution is -0.152. The van der Waals surface area contributed by atoms with Gasteiger partial charge in [-0.2, -0.15) is 0 Å². The van der Waals surface area contributed by atoms with Crippen molar-refractivity contribution < 1.29 is 30.6 Å². The molecule has 8 N–H and O–H groups in total. The number of hydrogen-bond donors (Lipinski definition) is 7. The molecule has 0 aromatic heterocycles. The Morgan fingerprint density at radius 2 is 1.12 bits per heavy atom. The van der Waals surface area contributed by atoms with E-state index < -0.39 is 36.6 Å². The van der Waals surface area contributed by atoms with E-state index in [4.69, 9.17) is 10.8 Å². The molecule has 0 rings (SSSR count). The smallest absolute Gasteiger partial charge is 0.111 e. The third-order valence-electron chi connectivity index (χ3n) is 2.50. The molecule has 16 heavy (non-hydrogen) atoms. The van der Waals surface area contributed by atoms with E-state index in [-0.39, 0.29) is 13.0 Å². The van der Waals surface area contributed by atoms with Crippen molar-refractivity contribution in [2.24, 2.45) is 5.73 Å². The van der Waals surface area contributed by atoms with Crippen LogP contribution in [0.2, 0.25) is 0 Å². The van der Waals surface area contributed by atoms with Crippen LogP contribution in [0.25, 0.3) is 0 Å². The van der Waals surface area contributed by atoms with Crippen LogP contribution in [0.15, 0.2) is 0 Å². The maximum Gasteiger partial charge on any atom is 0.111 e. The molecule has 6 unspecified atom stereocenters. The second-order valence-corrected chi connectivity index (χ2v) is 3.74. The van der Waals surface area contributed by atoms with E-state index in [9.17, 15) is 25.5 Å². The average molecular weight is 239 g/mol. The predicted molar refractivity (Wildman–Crippen MR) is 55.4 cm³/mol. The largest absolute Gasteiger partial charge is 0.390 e. The van der Waals surface area contributed by atoms with Crippen LogP contribution in [0.5, 0.6) is 0 Å². The van der Waals surface area contributed by atoms with Gasteiger partial charge in [0, 0.05) is 6.54 Å². The molecule has 0 bridgehead atoms. The van der Waals surface area contributed by atoms with E-state index in [1.807, 2.05) is 0 Å². The molecule has 98 valence electrons. The van der Waals surface area contributed by atoms with Gasteiger partial charge in [-0.25, -0.2) is 0 Å². The van der Waals surface area contributed by atoms with Crippen LogP contribution in [0.4, 0.5) is 0 Å². The molecule has 7 nitrogen and oxygen atoms in total. The summed E-state index contributed by atoms with van der Waals surface area (Å²) in [6.45, 7) is 1.29. The fourth-order valence-corrected chi connectivity index (χ4v) is 1.24. The maximum atomic E-state index is 9.43. The Kier molecular flexibility index (Phi) is 7.00. The Morgan fingerprint density at radius 3 is 1.44 bits per heavy atom. The molecule has 0 fully saturated rings. The van der Waals surface area contributed by atoms with Gasteiger partial charge < -0.3 is 36.4 Å². The quantitative estimate of drug-likeness (QED) is 0.244. The van der Waals surface area contributed by atoms with Crippen molar-refractivity contribution >= 4 is 0 Å². The minimum Gasteiger partial charge on any atom is -0.390 e. The van der Waals surface area contributed by atoms with Gasteiger partial charge in [0.05, 0.1) is 12.2 Å². The van der Waals surface area contributed by atoms with Crippen molar-refractivity contribution in [1.29, 1.82) is 0 Å². The summed E-state index contributed by atoms with van der Waals surface area (Å²) in [7, 11) is 0. The van der Waals surface area contributed by atoms with Crippen LogP contribution < -0.4 is 5.73 Å². The van der Waals surface area contributed by atoms with Gasteiger partial charge in [0.15, 0.2) is 0 Å². The Labute approximate surface area is 93.8 Å². The second-order valence-electron chi connectivity index (χ2n) is 3.74. The van der Waals surface area contributed by atoms with Crippen LogP contribution in [-0.4, -0.2) is 73.8 Å². The first-order chi connectivity index (χ1) is 7.36. The Morgan fingerprint density at radius 1 is 0.750 bits per heavy atom. The predicted octanol–water partition coefficient (Wildman–Crippen LogP) is -3.48. The summed E-state index contributed by atoms with van der Waals surface area (Å²) in [5, 5.41) is 55.9. The van der Waals surface area contributed by atoms with Gasteiger partial charge in [-0.1, -0.05) is 6.92 Å². The fraction of sp³-hybridized carbons (Fsp3) is 1.00. The lowest BCUT2D eigenvalue weighted by Gasteiger charge is -2.30. The molecule has 0 aromatic rings. The molecule has 0 heterocycles. The topological polar surface area (TPSA) is 147 Å². The van der Waals surface area contributed by atoms with Gasteiger partial charge in [-0.05, 0) is 6.42 Å². The lowest BCUT2D eigenvalue weighted by atomic mass is 9.95. The van der Waals surface area contributed by atoms with Crippen LogP contribution in [0.1, 0.15) is 13.3 Å². The molecular weight excluding hydrogens is 218 g/mol. The number of aliphatic hydroxyl groups excluding tert-OH is 6. The molecule has 0 amide bonds. The van der Waals surface area contributed by atoms with Crippen molar-refractivity contribution in [1.82, 2.24) is 0 Å². The minimum atomic E-state index is -1.78. The maximum absolute atomic E-state index is 9.43. The van der Waals surface area contributed by atoms with E-state index in [2.05, 4.69) is 0 Å². The Bertz CT molecular complexity index is 173. The van der Waals surface area contributed by atoms with E-state index in [0.29, 0.717) is 0 Å². The molecule has 0 aromatic carbocycles. The highest BCUT2D eigenvalue weighted by Gasteiger charge is 2.36. The zero-order valence-corrected chi connectivity index (χ0v) is 9.14. The third-order valence-corrected chi connectivity index (χ3v) is 2.50. The van der Waals surface area contributed by atoms with Gasteiger partial charge in [-0.15, -0.1) is 0 Å². The summed E-state index contributed by atoms with van der Waals surface area (Å²) < 4.78 is 0. The average Bonchev–Trinajstić information content (AvgIpc) is 2.32. The summed E-state index contributed by atoms with van der Waals surface area (Å²) in [5.74, 6) is 0. The first-order valence-corrected chi connectivity index (χ1v) is 5.15. The molecule has 0 aliphatic heterocycles. The third kappa shape index (κ3) is 3.95. The van der Waals surface area contributed by atoms with E-state index in [1.54, 1.807) is 6.92 Å². The molecule has 0 radical (unpaired) electrons. The zero-order chi connectivity index (χ0) is 12.9. The fourth-order valence-electron chi connectivity index (χ4n) is 1.24. The van der Waals surface area contributed by atoms with Crippen LogP contribution in [0, 0.1) is 0 Å². The molecule has 0 aliphatic carbocycles. The number of aliphatic hydroxyl groups is 6. The SMILES string of the molecule is CCC(O)C(O)C(O)C(O)C(O)C(O)CN. The highest BCUT2D eigenvalue weighted by atomic mass is 16.4. The highest BCUT2D eigenvalue weighted by molar-refractivity contribution is 4.87. The molecule has 0 saturated carbocycles. The van der Waals surface area contributed by atoms with Crippen molar-refractivity contribution in [3.05, 3.63) is 0 Å². The molecule has 6 atom stereocenters. The molecular formula is C9H21NO6. The molecule has 0 spiro atoms.